The predicted molar refractivity (Wildman–Crippen MR) is 83.1 cm³/mol. The second-order valence-corrected chi connectivity index (χ2v) is 7.00. The minimum Gasteiger partial charge on any atom is -0.315 e. The van der Waals surface area contributed by atoms with Crippen molar-refractivity contribution in [2.24, 2.45) is 0 Å². The third-order valence-corrected chi connectivity index (χ3v) is 5.72. The van der Waals surface area contributed by atoms with E-state index in [4.69, 9.17) is 4.98 Å². The van der Waals surface area contributed by atoms with Crippen LogP contribution in [0.4, 0.5) is 0 Å². The van der Waals surface area contributed by atoms with Crippen molar-refractivity contribution >= 4 is 22.9 Å². The van der Waals surface area contributed by atoms with Crippen LogP contribution in [0.25, 0.3) is 11.2 Å². The monoisotopic (exact) mass is 288 g/mol. The van der Waals surface area contributed by atoms with Gasteiger partial charge in [-0.1, -0.05) is 6.42 Å². The number of nitrogens with one attached hydrogen (secondary N) is 1. The van der Waals surface area contributed by atoms with Crippen molar-refractivity contribution in [2.75, 3.05) is 18.8 Å². The van der Waals surface area contributed by atoms with E-state index in [1.165, 1.54) is 37.3 Å². The van der Waals surface area contributed by atoms with Crippen LogP contribution in [0, 0.1) is 0 Å². The SMILES string of the molecule is c1cnc2c(c1)nc(C1CCCCS1)n2C1CCNC1. The van der Waals surface area contributed by atoms with Crippen molar-refractivity contribution in [2.45, 2.75) is 37.0 Å². The Bertz CT molecular complexity index is 597. The van der Waals surface area contributed by atoms with E-state index in [-0.39, 0.29) is 0 Å². The summed E-state index contributed by atoms with van der Waals surface area (Å²) in [5.41, 5.74) is 2.13. The lowest BCUT2D eigenvalue weighted by Crippen LogP contribution is -2.18. The first-order chi connectivity index (χ1) is 9.93. The van der Waals surface area contributed by atoms with Crippen LogP contribution >= 0.6 is 11.8 Å². The lowest BCUT2D eigenvalue weighted by Gasteiger charge is -2.24. The van der Waals surface area contributed by atoms with Gasteiger partial charge in [-0.2, -0.15) is 11.8 Å². The van der Waals surface area contributed by atoms with Crippen LogP contribution in [-0.2, 0) is 0 Å². The Morgan fingerprint density at radius 3 is 3.10 bits per heavy atom. The van der Waals surface area contributed by atoms with Gasteiger partial charge in [0, 0.05) is 12.7 Å². The molecule has 0 aliphatic carbocycles. The molecule has 0 bridgehead atoms. The molecule has 2 aromatic rings. The van der Waals surface area contributed by atoms with Gasteiger partial charge < -0.3 is 9.88 Å². The molecule has 2 saturated heterocycles. The van der Waals surface area contributed by atoms with Crippen LogP contribution in [0.5, 0.6) is 0 Å². The number of rotatable bonds is 2. The fourth-order valence-corrected chi connectivity index (χ4v) is 4.64. The Labute approximate surface area is 123 Å². The highest BCUT2D eigenvalue weighted by molar-refractivity contribution is 7.99. The molecule has 2 atom stereocenters. The number of imidazole rings is 1. The molecule has 2 aliphatic rings. The molecule has 4 heterocycles. The summed E-state index contributed by atoms with van der Waals surface area (Å²) in [6.07, 6.45) is 7.02. The largest absolute Gasteiger partial charge is 0.315 e. The van der Waals surface area contributed by atoms with Crippen LogP contribution < -0.4 is 5.32 Å². The molecule has 0 saturated carbocycles. The smallest absolute Gasteiger partial charge is 0.160 e. The molecule has 2 unspecified atom stereocenters. The van der Waals surface area contributed by atoms with E-state index >= 15 is 0 Å². The van der Waals surface area contributed by atoms with Crippen LogP contribution in [0.1, 0.15) is 42.8 Å². The molecule has 1 N–H and O–H groups in total. The van der Waals surface area contributed by atoms with Gasteiger partial charge in [0.05, 0.1) is 11.3 Å². The molecule has 106 valence electrons. The van der Waals surface area contributed by atoms with Crippen LogP contribution in [0.3, 0.4) is 0 Å². The molecule has 0 aromatic carbocycles. The first-order valence-electron chi connectivity index (χ1n) is 7.58. The van der Waals surface area contributed by atoms with E-state index < -0.39 is 0 Å². The fraction of sp³-hybridized carbons (Fsp3) is 0.600. The van der Waals surface area contributed by atoms with Crippen molar-refractivity contribution in [3.05, 3.63) is 24.2 Å². The Morgan fingerprint density at radius 2 is 2.30 bits per heavy atom. The van der Waals surface area contributed by atoms with Gasteiger partial charge >= 0.3 is 0 Å². The second-order valence-electron chi connectivity index (χ2n) is 5.69. The number of fused-ring (bicyclic) bond motifs is 1. The lowest BCUT2D eigenvalue weighted by molar-refractivity contribution is 0.519. The zero-order chi connectivity index (χ0) is 13.4. The van der Waals surface area contributed by atoms with E-state index in [9.17, 15) is 0 Å². The number of nitrogens with zero attached hydrogens (tertiary/aromatic N) is 3. The average Bonchev–Trinajstić information content (AvgIpc) is 3.14. The molecule has 2 aromatic heterocycles. The third kappa shape index (κ3) is 2.13. The lowest BCUT2D eigenvalue weighted by atomic mass is 10.1. The maximum absolute atomic E-state index is 4.93. The Hall–Kier alpha value is -1.07. The maximum Gasteiger partial charge on any atom is 0.160 e. The summed E-state index contributed by atoms with van der Waals surface area (Å²) in [6, 6.07) is 4.61. The third-order valence-electron chi connectivity index (χ3n) is 4.34. The molecule has 0 spiro atoms. The molecule has 4 rings (SSSR count). The molecular formula is C15H20N4S. The number of hydrogen-bond donors (Lipinski definition) is 1. The van der Waals surface area contributed by atoms with Crippen molar-refractivity contribution < 1.29 is 0 Å². The quantitative estimate of drug-likeness (QED) is 0.922. The summed E-state index contributed by atoms with van der Waals surface area (Å²) in [4.78, 5) is 9.54. The number of pyridine rings is 1. The molecule has 20 heavy (non-hydrogen) atoms. The normalized spacial score (nSPS) is 27.2. The van der Waals surface area contributed by atoms with Gasteiger partial charge in [0.15, 0.2) is 5.65 Å². The summed E-state index contributed by atoms with van der Waals surface area (Å²) < 4.78 is 2.43. The fourth-order valence-electron chi connectivity index (χ4n) is 3.34. The summed E-state index contributed by atoms with van der Waals surface area (Å²) in [6.45, 7) is 2.15. The first-order valence-corrected chi connectivity index (χ1v) is 8.63. The molecule has 2 aliphatic heterocycles. The van der Waals surface area contributed by atoms with Gasteiger partial charge in [-0.15, -0.1) is 0 Å². The standard InChI is InChI=1S/C15H20N4S/c1-2-9-20-13(5-1)15-18-12-4-3-7-17-14(12)19(15)11-6-8-16-10-11/h3-4,7,11,13,16H,1-2,5-6,8-10H2. The zero-order valence-corrected chi connectivity index (χ0v) is 12.4. The molecule has 4 nitrogen and oxygen atoms in total. The van der Waals surface area contributed by atoms with E-state index in [0.29, 0.717) is 11.3 Å². The van der Waals surface area contributed by atoms with E-state index in [2.05, 4.69) is 32.7 Å². The number of hydrogen-bond acceptors (Lipinski definition) is 4. The summed E-state index contributed by atoms with van der Waals surface area (Å²) >= 11 is 2.07. The second kappa shape index (κ2) is 5.37. The Balaban J connectivity index is 1.82. The van der Waals surface area contributed by atoms with Crippen molar-refractivity contribution in [1.82, 2.24) is 19.9 Å². The minimum atomic E-state index is 0.521. The van der Waals surface area contributed by atoms with Gasteiger partial charge in [-0.05, 0) is 43.7 Å². The van der Waals surface area contributed by atoms with Crippen LogP contribution in [0.15, 0.2) is 18.3 Å². The van der Waals surface area contributed by atoms with Crippen molar-refractivity contribution in [3.8, 4) is 0 Å². The average molecular weight is 288 g/mol. The van der Waals surface area contributed by atoms with Gasteiger partial charge in [-0.3, -0.25) is 0 Å². The summed E-state index contributed by atoms with van der Waals surface area (Å²) in [5.74, 6) is 2.53. The highest BCUT2D eigenvalue weighted by Crippen LogP contribution is 2.40. The first kappa shape index (κ1) is 12.7. The Morgan fingerprint density at radius 1 is 1.30 bits per heavy atom. The number of thioether (sulfide) groups is 1. The topological polar surface area (TPSA) is 42.7 Å². The van der Waals surface area contributed by atoms with Crippen molar-refractivity contribution in [3.63, 3.8) is 0 Å². The van der Waals surface area contributed by atoms with Crippen LogP contribution in [0.2, 0.25) is 0 Å². The zero-order valence-electron chi connectivity index (χ0n) is 11.6. The molecule has 5 heteroatoms. The summed E-state index contributed by atoms with van der Waals surface area (Å²) in [7, 11) is 0. The van der Waals surface area contributed by atoms with Gasteiger partial charge in [0.2, 0.25) is 0 Å². The predicted octanol–water partition coefficient (Wildman–Crippen LogP) is 2.92. The number of aromatic nitrogens is 3. The van der Waals surface area contributed by atoms with Gasteiger partial charge in [0.1, 0.15) is 11.3 Å². The molecule has 0 amide bonds. The van der Waals surface area contributed by atoms with Gasteiger partial charge in [-0.25, -0.2) is 9.97 Å². The van der Waals surface area contributed by atoms with Gasteiger partial charge in [0.25, 0.3) is 0 Å². The van der Waals surface area contributed by atoms with E-state index in [1.807, 2.05) is 12.3 Å². The highest BCUT2D eigenvalue weighted by Gasteiger charge is 2.28. The Kier molecular flexibility index (Phi) is 3.40. The molecular weight excluding hydrogens is 268 g/mol. The highest BCUT2D eigenvalue weighted by atomic mass is 32.2. The molecule has 0 radical (unpaired) electrons. The molecule has 2 fully saturated rings. The van der Waals surface area contributed by atoms with Crippen molar-refractivity contribution in [1.29, 1.82) is 0 Å². The van der Waals surface area contributed by atoms with E-state index in [1.54, 1.807) is 0 Å². The van der Waals surface area contributed by atoms with E-state index in [0.717, 1.165) is 24.3 Å². The van der Waals surface area contributed by atoms with Crippen LogP contribution in [-0.4, -0.2) is 33.4 Å². The summed E-state index contributed by atoms with van der Waals surface area (Å²) in [5, 5.41) is 4.03. The maximum atomic E-state index is 4.93. The minimum absolute atomic E-state index is 0.521.